The summed E-state index contributed by atoms with van der Waals surface area (Å²) >= 11 is 5.89. The molecule has 0 aliphatic carbocycles. The van der Waals surface area contributed by atoms with E-state index in [1.54, 1.807) is 30.1 Å². The first-order valence-corrected chi connectivity index (χ1v) is 9.15. The van der Waals surface area contributed by atoms with Crippen LogP contribution in [0.4, 0.5) is 5.69 Å². The highest BCUT2D eigenvalue weighted by Crippen LogP contribution is 2.18. The third-order valence-corrected chi connectivity index (χ3v) is 4.78. The Morgan fingerprint density at radius 3 is 2.57 bits per heavy atom. The fraction of sp³-hybridized carbons (Fsp3) is 0.190. The minimum atomic E-state index is -0.281. The number of carbonyl (C=O) groups is 2. The predicted octanol–water partition coefficient (Wildman–Crippen LogP) is 3.85. The van der Waals surface area contributed by atoms with Gasteiger partial charge >= 0.3 is 0 Å². The van der Waals surface area contributed by atoms with Crippen LogP contribution < -0.4 is 5.32 Å². The van der Waals surface area contributed by atoms with Gasteiger partial charge in [-0.2, -0.15) is 5.10 Å². The van der Waals surface area contributed by atoms with E-state index in [1.165, 1.54) is 11.1 Å². The fourth-order valence-corrected chi connectivity index (χ4v) is 2.88. The first-order chi connectivity index (χ1) is 13.3. The largest absolute Gasteiger partial charge is 0.332 e. The van der Waals surface area contributed by atoms with Gasteiger partial charge in [0, 0.05) is 24.0 Å². The van der Waals surface area contributed by atoms with Crippen LogP contribution in [0.15, 0.2) is 54.9 Å². The summed E-state index contributed by atoms with van der Waals surface area (Å²) in [5.41, 5.74) is 4.04. The fourth-order valence-electron chi connectivity index (χ4n) is 2.75. The molecule has 7 heteroatoms. The van der Waals surface area contributed by atoms with Crippen LogP contribution in [0, 0.1) is 13.8 Å². The van der Waals surface area contributed by atoms with Crippen molar-refractivity contribution in [3.8, 4) is 5.69 Å². The number of hydrogen-bond acceptors (Lipinski definition) is 3. The van der Waals surface area contributed by atoms with Crippen molar-refractivity contribution in [3.63, 3.8) is 0 Å². The lowest BCUT2D eigenvalue weighted by molar-refractivity contribution is -0.116. The van der Waals surface area contributed by atoms with E-state index in [0.717, 1.165) is 22.5 Å². The summed E-state index contributed by atoms with van der Waals surface area (Å²) in [6, 6.07) is 12.8. The number of amides is 2. The lowest BCUT2D eigenvalue weighted by Gasteiger charge is -2.17. The maximum absolute atomic E-state index is 12.6. The molecule has 0 saturated carbocycles. The lowest BCUT2D eigenvalue weighted by Crippen LogP contribution is -2.34. The van der Waals surface area contributed by atoms with Crippen LogP contribution in [0.5, 0.6) is 0 Å². The van der Waals surface area contributed by atoms with Gasteiger partial charge in [0.15, 0.2) is 0 Å². The van der Waals surface area contributed by atoms with Crippen molar-refractivity contribution in [2.75, 3.05) is 18.9 Å². The molecule has 0 radical (unpaired) electrons. The maximum atomic E-state index is 12.6. The Morgan fingerprint density at radius 2 is 1.86 bits per heavy atom. The van der Waals surface area contributed by atoms with Crippen molar-refractivity contribution in [3.05, 3.63) is 76.6 Å². The highest BCUT2D eigenvalue weighted by Gasteiger charge is 2.17. The molecule has 2 amide bonds. The van der Waals surface area contributed by atoms with Gasteiger partial charge in [0.2, 0.25) is 5.91 Å². The SMILES string of the molecule is Cc1cccc(NC(=O)CN(C)C(=O)c2cnn(-c3ccc(Cl)cc3)c2)c1C. The molecule has 0 aliphatic rings. The summed E-state index contributed by atoms with van der Waals surface area (Å²) in [4.78, 5) is 26.3. The number of aryl methyl sites for hydroxylation is 1. The highest BCUT2D eigenvalue weighted by atomic mass is 35.5. The molecule has 0 spiro atoms. The number of hydrogen-bond donors (Lipinski definition) is 1. The lowest BCUT2D eigenvalue weighted by atomic mass is 10.1. The van der Waals surface area contributed by atoms with Crippen molar-refractivity contribution in [2.45, 2.75) is 13.8 Å². The number of halogens is 1. The van der Waals surface area contributed by atoms with Crippen molar-refractivity contribution in [1.29, 1.82) is 0 Å². The summed E-state index contributed by atoms with van der Waals surface area (Å²) in [6.45, 7) is 3.88. The van der Waals surface area contributed by atoms with Crippen LogP contribution in [-0.2, 0) is 4.79 Å². The van der Waals surface area contributed by atoms with E-state index in [1.807, 2.05) is 44.2 Å². The second kappa shape index (κ2) is 8.27. The molecular weight excluding hydrogens is 376 g/mol. The molecule has 6 nitrogen and oxygen atoms in total. The molecule has 144 valence electrons. The molecule has 1 N–H and O–H groups in total. The van der Waals surface area contributed by atoms with E-state index in [-0.39, 0.29) is 18.4 Å². The van der Waals surface area contributed by atoms with Crippen LogP contribution in [0.2, 0.25) is 5.02 Å². The Bertz CT molecular complexity index is 1010. The Balaban J connectivity index is 1.65. The zero-order valence-corrected chi connectivity index (χ0v) is 16.7. The van der Waals surface area contributed by atoms with Crippen LogP contribution >= 0.6 is 11.6 Å². The smallest absolute Gasteiger partial charge is 0.257 e. The quantitative estimate of drug-likeness (QED) is 0.712. The van der Waals surface area contributed by atoms with E-state index < -0.39 is 0 Å². The van der Waals surface area contributed by atoms with Crippen LogP contribution in [0.25, 0.3) is 5.69 Å². The monoisotopic (exact) mass is 396 g/mol. The summed E-state index contributed by atoms with van der Waals surface area (Å²) in [5, 5.41) is 7.70. The zero-order valence-electron chi connectivity index (χ0n) is 15.9. The van der Waals surface area contributed by atoms with Gasteiger partial charge in [-0.25, -0.2) is 4.68 Å². The molecule has 0 unspecified atom stereocenters. The van der Waals surface area contributed by atoms with E-state index in [0.29, 0.717) is 10.6 Å². The number of benzene rings is 2. The number of rotatable bonds is 5. The molecule has 1 aromatic heterocycles. The Hall–Kier alpha value is -3.12. The molecule has 2 aromatic carbocycles. The van der Waals surface area contributed by atoms with Gasteiger partial charge in [-0.3, -0.25) is 9.59 Å². The number of carbonyl (C=O) groups excluding carboxylic acids is 2. The van der Waals surface area contributed by atoms with Crippen LogP contribution in [0.1, 0.15) is 21.5 Å². The highest BCUT2D eigenvalue weighted by molar-refractivity contribution is 6.30. The molecule has 0 bridgehead atoms. The van der Waals surface area contributed by atoms with E-state index in [9.17, 15) is 9.59 Å². The summed E-state index contributed by atoms with van der Waals surface area (Å²) in [6.07, 6.45) is 3.11. The first kappa shape index (κ1) is 19.6. The number of aromatic nitrogens is 2. The van der Waals surface area contributed by atoms with Gasteiger partial charge in [-0.1, -0.05) is 23.7 Å². The molecule has 0 aliphatic heterocycles. The number of anilines is 1. The van der Waals surface area contributed by atoms with Crippen molar-refractivity contribution < 1.29 is 9.59 Å². The Labute approximate surface area is 168 Å². The summed E-state index contributed by atoms with van der Waals surface area (Å²) < 4.78 is 1.59. The molecule has 0 saturated heterocycles. The predicted molar refractivity (Wildman–Crippen MR) is 110 cm³/mol. The molecular formula is C21H21ClN4O2. The molecule has 1 heterocycles. The van der Waals surface area contributed by atoms with Gasteiger partial charge in [0.25, 0.3) is 5.91 Å². The topological polar surface area (TPSA) is 67.2 Å². The summed E-state index contributed by atoms with van der Waals surface area (Å²) in [5.74, 6) is -0.536. The number of nitrogens with zero attached hydrogens (tertiary/aromatic N) is 3. The molecule has 0 atom stereocenters. The van der Waals surface area contributed by atoms with Crippen molar-refractivity contribution >= 4 is 29.1 Å². The van der Waals surface area contributed by atoms with Gasteiger partial charge in [-0.15, -0.1) is 0 Å². The average molecular weight is 397 g/mol. The van der Waals surface area contributed by atoms with Crippen LogP contribution in [-0.4, -0.2) is 40.1 Å². The molecule has 3 rings (SSSR count). The van der Waals surface area contributed by atoms with E-state index >= 15 is 0 Å². The Kier molecular flexibility index (Phi) is 5.80. The maximum Gasteiger partial charge on any atom is 0.257 e. The number of nitrogens with one attached hydrogen (secondary N) is 1. The number of likely N-dealkylation sites (N-methyl/N-ethyl adjacent to an activating group) is 1. The van der Waals surface area contributed by atoms with Gasteiger partial charge in [-0.05, 0) is 55.3 Å². The van der Waals surface area contributed by atoms with Crippen molar-refractivity contribution in [1.82, 2.24) is 14.7 Å². The zero-order chi connectivity index (χ0) is 20.3. The standard InChI is InChI=1S/C21H21ClN4O2/c1-14-5-4-6-19(15(14)2)24-20(27)13-25(3)21(28)16-11-23-26(12-16)18-9-7-17(22)8-10-18/h4-12H,13H2,1-3H3,(H,24,27). The van der Waals surface area contributed by atoms with Crippen molar-refractivity contribution in [2.24, 2.45) is 0 Å². The minimum absolute atomic E-state index is 0.0572. The second-order valence-electron chi connectivity index (χ2n) is 6.61. The molecule has 3 aromatic rings. The third kappa shape index (κ3) is 4.40. The Morgan fingerprint density at radius 1 is 1.14 bits per heavy atom. The first-order valence-electron chi connectivity index (χ1n) is 8.77. The third-order valence-electron chi connectivity index (χ3n) is 4.53. The van der Waals surface area contributed by atoms with Gasteiger partial charge in [0.1, 0.15) is 0 Å². The normalized spacial score (nSPS) is 10.6. The van der Waals surface area contributed by atoms with E-state index in [4.69, 9.17) is 11.6 Å². The van der Waals surface area contributed by atoms with E-state index in [2.05, 4.69) is 10.4 Å². The van der Waals surface area contributed by atoms with Crippen LogP contribution in [0.3, 0.4) is 0 Å². The second-order valence-corrected chi connectivity index (χ2v) is 7.04. The minimum Gasteiger partial charge on any atom is -0.332 e. The molecule has 0 fully saturated rings. The van der Waals surface area contributed by atoms with Gasteiger partial charge < -0.3 is 10.2 Å². The summed E-state index contributed by atoms with van der Waals surface area (Å²) in [7, 11) is 1.59. The molecule has 28 heavy (non-hydrogen) atoms. The van der Waals surface area contributed by atoms with Gasteiger partial charge in [0.05, 0.1) is 24.0 Å². The average Bonchev–Trinajstić information content (AvgIpc) is 3.15.